The van der Waals surface area contributed by atoms with Crippen LogP contribution in [0, 0.1) is 0 Å². The first-order valence-corrected chi connectivity index (χ1v) is 9.72. The van der Waals surface area contributed by atoms with Gasteiger partial charge in [0, 0.05) is 37.6 Å². The summed E-state index contributed by atoms with van der Waals surface area (Å²) in [5, 5.41) is 0. The van der Waals surface area contributed by atoms with E-state index in [9.17, 15) is 9.59 Å². The van der Waals surface area contributed by atoms with Crippen molar-refractivity contribution in [1.29, 1.82) is 0 Å². The van der Waals surface area contributed by atoms with Gasteiger partial charge in [-0.2, -0.15) is 0 Å². The summed E-state index contributed by atoms with van der Waals surface area (Å²) >= 11 is 0. The van der Waals surface area contributed by atoms with Crippen molar-refractivity contribution in [2.24, 2.45) is 7.05 Å². The summed E-state index contributed by atoms with van der Waals surface area (Å²) < 4.78 is 6.65. The monoisotopic (exact) mass is 405 g/mol. The van der Waals surface area contributed by atoms with E-state index < -0.39 is 0 Å². The molecule has 2 aromatic heterocycles. The van der Waals surface area contributed by atoms with Gasteiger partial charge in [0.2, 0.25) is 11.5 Å². The average Bonchev–Trinajstić information content (AvgIpc) is 3.25. The Morgan fingerprint density at radius 2 is 1.97 bits per heavy atom. The normalized spacial score (nSPS) is 15.9. The number of nitrogens with two attached hydrogens (primary N) is 1. The van der Waals surface area contributed by atoms with Gasteiger partial charge in [0.25, 0.3) is 5.91 Å². The molecular weight excluding hydrogens is 382 g/mol. The quantitative estimate of drug-likeness (QED) is 0.715. The molecule has 3 heterocycles. The van der Waals surface area contributed by atoms with E-state index in [2.05, 4.69) is 9.97 Å². The SMILES string of the molecule is COc1ccc(-c2cnc(N)nc2[C@@H]2CCCN2C(=O)c2ccc(=O)n(C)c2)cc1. The maximum absolute atomic E-state index is 13.2. The molecule has 1 aliphatic heterocycles. The Morgan fingerprint density at radius 1 is 1.20 bits per heavy atom. The highest BCUT2D eigenvalue weighted by molar-refractivity contribution is 5.94. The predicted molar refractivity (Wildman–Crippen MR) is 113 cm³/mol. The van der Waals surface area contributed by atoms with Gasteiger partial charge >= 0.3 is 0 Å². The smallest absolute Gasteiger partial charge is 0.255 e. The molecule has 4 rings (SSSR count). The van der Waals surface area contributed by atoms with Crippen LogP contribution < -0.4 is 16.0 Å². The van der Waals surface area contributed by atoms with Crippen LogP contribution in [0.1, 0.15) is 34.9 Å². The molecular formula is C22H23N5O3. The van der Waals surface area contributed by atoms with Crippen molar-refractivity contribution in [2.75, 3.05) is 19.4 Å². The molecule has 0 bridgehead atoms. The lowest BCUT2D eigenvalue weighted by Gasteiger charge is -2.26. The van der Waals surface area contributed by atoms with Crippen LogP contribution in [0.2, 0.25) is 0 Å². The number of methoxy groups -OCH3 is 1. The van der Waals surface area contributed by atoms with E-state index in [1.807, 2.05) is 24.3 Å². The van der Waals surface area contributed by atoms with Crippen LogP contribution in [0.15, 0.2) is 53.6 Å². The third-order valence-corrected chi connectivity index (χ3v) is 5.40. The number of amides is 1. The zero-order valence-electron chi connectivity index (χ0n) is 16.9. The molecule has 1 aliphatic rings. The number of likely N-dealkylation sites (tertiary alicyclic amines) is 1. The second kappa shape index (κ2) is 7.98. The van der Waals surface area contributed by atoms with Gasteiger partial charge in [0.05, 0.1) is 24.4 Å². The highest BCUT2D eigenvalue weighted by atomic mass is 16.5. The molecule has 1 fully saturated rings. The van der Waals surface area contributed by atoms with Crippen molar-refractivity contribution in [1.82, 2.24) is 19.4 Å². The van der Waals surface area contributed by atoms with Crippen LogP contribution in [0.5, 0.6) is 5.75 Å². The summed E-state index contributed by atoms with van der Waals surface area (Å²) in [5.74, 6) is 0.790. The van der Waals surface area contributed by atoms with Crippen LogP contribution in [0.3, 0.4) is 0 Å². The molecule has 2 N–H and O–H groups in total. The number of aromatic nitrogens is 3. The molecule has 1 atom stereocenters. The van der Waals surface area contributed by atoms with Crippen LogP contribution in [-0.2, 0) is 7.05 Å². The number of carbonyl (C=O) groups excluding carboxylic acids is 1. The molecule has 0 radical (unpaired) electrons. The fourth-order valence-corrected chi connectivity index (χ4v) is 3.84. The Bertz CT molecular complexity index is 1140. The Labute approximate surface area is 173 Å². The Hall–Kier alpha value is -3.68. The molecule has 154 valence electrons. The molecule has 1 amide bonds. The van der Waals surface area contributed by atoms with E-state index in [0.29, 0.717) is 12.1 Å². The molecule has 1 saturated heterocycles. The summed E-state index contributed by atoms with van der Waals surface area (Å²) in [4.78, 5) is 35.4. The summed E-state index contributed by atoms with van der Waals surface area (Å²) in [6.07, 6.45) is 4.90. The molecule has 0 saturated carbocycles. The highest BCUT2D eigenvalue weighted by Crippen LogP contribution is 2.37. The number of ether oxygens (including phenoxy) is 1. The molecule has 0 spiro atoms. The second-order valence-corrected chi connectivity index (χ2v) is 7.28. The number of nitrogens with zero attached hydrogens (tertiary/aromatic N) is 4. The van der Waals surface area contributed by atoms with Crippen LogP contribution in [-0.4, -0.2) is 39.0 Å². The maximum Gasteiger partial charge on any atom is 0.255 e. The van der Waals surface area contributed by atoms with E-state index >= 15 is 0 Å². The number of hydrogen-bond donors (Lipinski definition) is 1. The van der Waals surface area contributed by atoms with Gasteiger partial charge in [-0.1, -0.05) is 12.1 Å². The Balaban J connectivity index is 1.73. The molecule has 3 aromatic rings. The lowest BCUT2D eigenvalue weighted by atomic mass is 9.99. The van der Waals surface area contributed by atoms with E-state index in [1.54, 1.807) is 37.5 Å². The summed E-state index contributed by atoms with van der Waals surface area (Å²) in [7, 11) is 3.25. The zero-order chi connectivity index (χ0) is 21.3. The lowest BCUT2D eigenvalue weighted by Crippen LogP contribution is -2.32. The van der Waals surface area contributed by atoms with Crippen molar-refractivity contribution in [3.05, 3.63) is 70.4 Å². The maximum atomic E-state index is 13.2. The number of nitrogen functional groups attached to an aromatic ring is 1. The van der Waals surface area contributed by atoms with Crippen LogP contribution in [0.25, 0.3) is 11.1 Å². The van der Waals surface area contributed by atoms with Gasteiger partial charge in [0.1, 0.15) is 5.75 Å². The highest BCUT2D eigenvalue weighted by Gasteiger charge is 2.33. The first-order valence-electron chi connectivity index (χ1n) is 9.72. The third-order valence-electron chi connectivity index (χ3n) is 5.40. The Morgan fingerprint density at radius 3 is 2.67 bits per heavy atom. The molecule has 8 nitrogen and oxygen atoms in total. The number of benzene rings is 1. The van der Waals surface area contributed by atoms with Crippen molar-refractivity contribution in [3.8, 4) is 16.9 Å². The minimum absolute atomic E-state index is 0.133. The van der Waals surface area contributed by atoms with E-state index in [0.717, 1.165) is 35.4 Å². The second-order valence-electron chi connectivity index (χ2n) is 7.28. The van der Waals surface area contributed by atoms with Gasteiger partial charge in [-0.05, 0) is 36.6 Å². The predicted octanol–water partition coefficient (Wildman–Crippen LogP) is 2.41. The van der Waals surface area contributed by atoms with E-state index in [4.69, 9.17) is 10.5 Å². The number of anilines is 1. The van der Waals surface area contributed by atoms with Crippen LogP contribution in [0.4, 0.5) is 5.95 Å². The minimum atomic E-state index is -0.225. The molecule has 0 unspecified atom stereocenters. The number of aryl methyl sites for hydroxylation is 1. The fraction of sp³-hybridized carbons (Fsp3) is 0.273. The number of carbonyl (C=O) groups is 1. The number of pyridine rings is 1. The third kappa shape index (κ3) is 3.63. The van der Waals surface area contributed by atoms with Crippen molar-refractivity contribution in [2.45, 2.75) is 18.9 Å². The van der Waals surface area contributed by atoms with Gasteiger partial charge in [-0.3, -0.25) is 9.59 Å². The summed E-state index contributed by atoms with van der Waals surface area (Å²) in [6, 6.07) is 10.4. The molecule has 8 heteroatoms. The Kier molecular flexibility index (Phi) is 5.22. The first kappa shape index (κ1) is 19.6. The molecule has 1 aromatic carbocycles. The molecule has 0 aliphatic carbocycles. The minimum Gasteiger partial charge on any atom is -0.497 e. The summed E-state index contributed by atoms with van der Waals surface area (Å²) in [6.45, 7) is 0.609. The average molecular weight is 405 g/mol. The van der Waals surface area contributed by atoms with E-state index in [-0.39, 0.29) is 23.5 Å². The first-order chi connectivity index (χ1) is 14.5. The molecule has 30 heavy (non-hydrogen) atoms. The largest absolute Gasteiger partial charge is 0.497 e. The van der Waals surface area contributed by atoms with Gasteiger partial charge < -0.3 is 19.9 Å². The van der Waals surface area contributed by atoms with Gasteiger partial charge in [-0.15, -0.1) is 0 Å². The number of hydrogen-bond acceptors (Lipinski definition) is 6. The summed E-state index contributed by atoms with van der Waals surface area (Å²) in [5.41, 5.74) is 8.70. The van der Waals surface area contributed by atoms with Crippen molar-refractivity contribution < 1.29 is 9.53 Å². The van der Waals surface area contributed by atoms with Gasteiger partial charge in [0.15, 0.2) is 0 Å². The lowest BCUT2D eigenvalue weighted by molar-refractivity contribution is 0.0732. The van der Waals surface area contributed by atoms with Gasteiger partial charge in [-0.25, -0.2) is 9.97 Å². The number of rotatable bonds is 4. The fourth-order valence-electron chi connectivity index (χ4n) is 3.84. The van der Waals surface area contributed by atoms with Crippen molar-refractivity contribution >= 4 is 11.9 Å². The van der Waals surface area contributed by atoms with Crippen molar-refractivity contribution in [3.63, 3.8) is 0 Å². The van der Waals surface area contributed by atoms with E-state index in [1.165, 1.54) is 10.6 Å². The standard InChI is InChI=1S/C22H23N5O3/c1-26-13-15(7-10-19(26)28)21(29)27-11-3-4-18(27)20-17(12-24-22(23)25-20)14-5-8-16(30-2)9-6-14/h5-10,12-13,18H,3-4,11H2,1-2H3,(H2,23,24,25)/t18-/m0/s1. The van der Waals surface area contributed by atoms with Crippen LogP contribution >= 0.6 is 0 Å². The topological polar surface area (TPSA) is 103 Å². The zero-order valence-corrected chi connectivity index (χ0v) is 16.9.